The molecule has 1 atom stereocenters. The van der Waals surface area contributed by atoms with Gasteiger partial charge in [0.2, 0.25) is 0 Å². The highest BCUT2D eigenvalue weighted by Gasteiger charge is 1.93. The van der Waals surface area contributed by atoms with E-state index in [0.717, 1.165) is 0 Å². The fourth-order valence-corrected chi connectivity index (χ4v) is 0.326. The zero-order chi connectivity index (χ0) is 5.70. The highest BCUT2D eigenvalue weighted by Crippen LogP contribution is 1.93. The van der Waals surface area contributed by atoms with E-state index in [1.54, 1.807) is 6.92 Å². The van der Waals surface area contributed by atoms with E-state index in [4.69, 9.17) is 4.74 Å². The lowest BCUT2D eigenvalue weighted by Crippen LogP contribution is -2.06. The largest absolute Gasteiger partial charge is 0.352 e. The Balaban J connectivity index is 2.83. The van der Waals surface area contributed by atoms with Crippen LogP contribution in [0.1, 0.15) is 13.8 Å². The first-order chi connectivity index (χ1) is 3.31. The normalized spacial score (nSPS) is 14.1. The van der Waals surface area contributed by atoms with Gasteiger partial charge in [-0.05, 0) is 26.8 Å². The summed E-state index contributed by atoms with van der Waals surface area (Å²) in [6.07, 6.45) is -0.187. The lowest BCUT2D eigenvalue weighted by Gasteiger charge is -2.05. The maximum absolute atomic E-state index is 4.89. The Labute approximate surface area is 49.4 Å². The average Bonchev–Trinajstić information content (AvgIpc) is 1.68. The van der Waals surface area contributed by atoms with E-state index in [0.29, 0.717) is 6.61 Å². The molecule has 7 heavy (non-hydrogen) atoms. The zero-order valence-electron chi connectivity index (χ0n) is 4.55. The average molecular weight is 122 g/mol. The monoisotopic (exact) mass is 122 g/mol. The van der Waals surface area contributed by atoms with E-state index in [9.17, 15) is 0 Å². The summed E-state index contributed by atoms with van der Waals surface area (Å²) < 4.78 is 9.36. The molecule has 0 aliphatic carbocycles. The molecule has 0 heterocycles. The molecule has 0 fully saturated rings. The van der Waals surface area contributed by atoms with Crippen LogP contribution in [0.15, 0.2) is 0 Å². The Morgan fingerprint density at radius 2 is 2.29 bits per heavy atom. The molecule has 0 aromatic rings. The maximum atomic E-state index is 4.89. The Hall–Kier alpha value is 0.270. The van der Waals surface area contributed by atoms with Crippen LogP contribution in [0.2, 0.25) is 0 Å². The van der Waals surface area contributed by atoms with Gasteiger partial charge in [-0.15, -0.1) is 0 Å². The minimum Gasteiger partial charge on any atom is -0.352 e. The number of rotatable bonds is 3. The van der Waals surface area contributed by atoms with Crippen molar-refractivity contribution in [1.29, 1.82) is 0 Å². The van der Waals surface area contributed by atoms with E-state index in [1.165, 1.54) is 0 Å². The minimum atomic E-state index is -0.187. The maximum Gasteiger partial charge on any atom is 0.167 e. The standard InChI is InChI=1S/C4H10O2S/c1-3-5-4(2)6-7/h4,7H,3H2,1-2H3. The smallest absolute Gasteiger partial charge is 0.167 e. The van der Waals surface area contributed by atoms with Gasteiger partial charge in [-0.1, -0.05) is 0 Å². The Bertz CT molecular complexity index is 40.7. The van der Waals surface area contributed by atoms with Crippen molar-refractivity contribution in [3.63, 3.8) is 0 Å². The van der Waals surface area contributed by atoms with Gasteiger partial charge >= 0.3 is 0 Å². The molecular formula is C4H10O2S. The van der Waals surface area contributed by atoms with Gasteiger partial charge in [0.25, 0.3) is 0 Å². The second-order valence-electron chi connectivity index (χ2n) is 1.13. The summed E-state index contributed by atoms with van der Waals surface area (Å²) in [5.41, 5.74) is 0. The molecule has 0 spiro atoms. The highest BCUT2D eigenvalue weighted by atomic mass is 32.1. The molecule has 1 unspecified atom stereocenters. The molecule has 0 rings (SSSR count). The van der Waals surface area contributed by atoms with Gasteiger partial charge in [0.15, 0.2) is 6.29 Å². The highest BCUT2D eigenvalue weighted by molar-refractivity contribution is 7.75. The Morgan fingerprint density at radius 1 is 1.71 bits per heavy atom. The van der Waals surface area contributed by atoms with Gasteiger partial charge in [-0.25, -0.2) is 0 Å². The molecule has 0 aromatic heterocycles. The van der Waals surface area contributed by atoms with Crippen molar-refractivity contribution in [2.45, 2.75) is 20.1 Å². The Kier molecular flexibility index (Phi) is 4.60. The van der Waals surface area contributed by atoms with Crippen molar-refractivity contribution >= 4 is 12.9 Å². The van der Waals surface area contributed by atoms with Gasteiger partial charge in [0.05, 0.1) is 0 Å². The molecule has 0 saturated carbocycles. The quantitative estimate of drug-likeness (QED) is 0.345. The van der Waals surface area contributed by atoms with Crippen molar-refractivity contribution in [1.82, 2.24) is 0 Å². The molecule has 2 nitrogen and oxygen atoms in total. The topological polar surface area (TPSA) is 18.5 Å². The van der Waals surface area contributed by atoms with Crippen molar-refractivity contribution in [2.75, 3.05) is 6.61 Å². The lowest BCUT2D eigenvalue weighted by molar-refractivity contribution is -0.0478. The van der Waals surface area contributed by atoms with Crippen molar-refractivity contribution in [3.05, 3.63) is 0 Å². The van der Waals surface area contributed by atoms with E-state index in [-0.39, 0.29) is 6.29 Å². The molecule has 0 aromatic carbocycles. The third-order valence-electron chi connectivity index (χ3n) is 0.550. The molecule has 0 bridgehead atoms. The predicted octanol–water partition coefficient (Wildman–Crippen LogP) is 1.23. The third-order valence-corrected chi connectivity index (χ3v) is 0.847. The van der Waals surface area contributed by atoms with Crippen LogP contribution in [-0.2, 0) is 8.92 Å². The van der Waals surface area contributed by atoms with Crippen LogP contribution in [-0.4, -0.2) is 12.9 Å². The first-order valence-electron chi connectivity index (χ1n) is 2.23. The van der Waals surface area contributed by atoms with E-state index >= 15 is 0 Å². The molecule has 44 valence electrons. The Morgan fingerprint density at radius 3 is 2.43 bits per heavy atom. The van der Waals surface area contributed by atoms with Gasteiger partial charge in [-0.3, -0.25) is 4.18 Å². The predicted molar refractivity (Wildman–Crippen MR) is 31.2 cm³/mol. The summed E-state index contributed by atoms with van der Waals surface area (Å²) >= 11 is 3.52. The molecule has 0 aliphatic rings. The van der Waals surface area contributed by atoms with Crippen molar-refractivity contribution in [3.8, 4) is 0 Å². The first-order valence-corrected chi connectivity index (χ1v) is 2.59. The van der Waals surface area contributed by atoms with Crippen LogP contribution in [0.4, 0.5) is 0 Å². The molecular weight excluding hydrogens is 112 g/mol. The van der Waals surface area contributed by atoms with Crippen LogP contribution in [0.25, 0.3) is 0 Å². The van der Waals surface area contributed by atoms with E-state index in [2.05, 4.69) is 17.1 Å². The molecule has 3 heteroatoms. The van der Waals surface area contributed by atoms with E-state index < -0.39 is 0 Å². The van der Waals surface area contributed by atoms with Crippen LogP contribution >= 0.6 is 12.9 Å². The number of thiol groups is 1. The first kappa shape index (κ1) is 7.27. The number of hydrogen-bond donors (Lipinski definition) is 1. The van der Waals surface area contributed by atoms with Crippen molar-refractivity contribution < 1.29 is 8.92 Å². The summed E-state index contributed by atoms with van der Waals surface area (Å²) in [6, 6.07) is 0. The zero-order valence-corrected chi connectivity index (χ0v) is 5.44. The second-order valence-corrected chi connectivity index (χ2v) is 1.34. The number of ether oxygens (including phenoxy) is 1. The van der Waals surface area contributed by atoms with Gasteiger partial charge < -0.3 is 4.74 Å². The SMILES string of the molecule is CCOC(C)OS. The minimum absolute atomic E-state index is 0.187. The fraction of sp³-hybridized carbons (Fsp3) is 1.00. The fourth-order valence-electron chi connectivity index (χ4n) is 0.265. The molecule has 0 saturated heterocycles. The van der Waals surface area contributed by atoms with E-state index in [1.807, 2.05) is 6.92 Å². The molecule has 0 aliphatic heterocycles. The lowest BCUT2D eigenvalue weighted by atomic mass is 10.7. The molecule has 0 radical (unpaired) electrons. The summed E-state index contributed by atoms with van der Waals surface area (Å²) in [4.78, 5) is 0. The summed E-state index contributed by atoms with van der Waals surface area (Å²) in [6.45, 7) is 4.36. The molecule has 0 amide bonds. The van der Waals surface area contributed by atoms with Crippen LogP contribution in [0.3, 0.4) is 0 Å². The summed E-state index contributed by atoms with van der Waals surface area (Å²) in [5.74, 6) is 0. The number of hydrogen-bond acceptors (Lipinski definition) is 3. The van der Waals surface area contributed by atoms with Crippen molar-refractivity contribution in [2.24, 2.45) is 0 Å². The van der Waals surface area contributed by atoms with Gasteiger partial charge in [0.1, 0.15) is 0 Å². The van der Waals surface area contributed by atoms with Crippen LogP contribution in [0, 0.1) is 0 Å². The van der Waals surface area contributed by atoms with Crippen LogP contribution in [0.5, 0.6) is 0 Å². The molecule has 0 N–H and O–H groups in total. The third kappa shape index (κ3) is 4.12. The second kappa shape index (κ2) is 4.43. The van der Waals surface area contributed by atoms with Gasteiger partial charge in [-0.2, -0.15) is 0 Å². The summed E-state index contributed by atoms with van der Waals surface area (Å²) in [5, 5.41) is 0. The summed E-state index contributed by atoms with van der Waals surface area (Å²) in [7, 11) is 0. The van der Waals surface area contributed by atoms with Crippen LogP contribution < -0.4 is 0 Å². The van der Waals surface area contributed by atoms with Gasteiger partial charge in [0, 0.05) is 6.61 Å².